The Bertz CT molecular complexity index is 702. The molecule has 0 aliphatic carbocycles. The molecule has 2 aromatic rings. The molecule has 0 fully saturated rings. The highest BCUT2D eigenvalue weighted by Gasteiger charge is 2.24. The molecule has 0 radical (unpaired) electrons. The summed E-state index contributed by atoms with van der Waals surface area (Å²) in [7, 11) is -2.53. The van der Waals surface area contributed by atoms with Crippen LogP contribution in [0.1, 0.15) is 0 Å². The van der Waals surface area contributed by atoms with Gasteiger partial charge in [-0.3, -0.25) is 4.72 Å². The molecule has 19 heavy (non-hydrogen) atoms. The Morgan fingerprint density at radius 1 is 1.32 bits per heavy atom. The number of anilines is 1. The summed E-state index contributed by atoms with van der Waals surface area (Å²) in [5, 5.41) is 1.59. The topological polar surface area (TPSA) is 81.2 Å². The summed E-state index contributed by atoms with van der Waals surface area (Å²) in [5.41, 5.74) is 0. The first-order valence-electron chi connectivity index (χ1n) is 4.76. The van der Waals surface area contributed by atoms with Gasteiger partial charge < -0.3 is 4.74 Å². The molecule has 0 aromatic carbocycles. The van der Waals surface area contributed by atoms with E-state index in [4.69, 9.17) is 27.9 Å². The third-order valence-corrected chi connectivity index (χ3v) is 6.01. The molecule has 0 aliphatic heterocycles. The van der Waals surface area contributed by atoms with Gasteiger partial charge in [0, 0.05) is 17.8 Å². The normalized spacial score (nSPS) is 11.3. The molecule has 0 bridgehead atoms. The van der Waals surface area contributed by atoms with Crippen LogP contribution >= 0.6 is 34.5 Å². The summed E-state index contributed by atoms with van der Waals surface area (Å²) in [5.74, 6) is 0.0374. The highest BCUT2D eigenvalue weighted by Crippen LogP contribution is 2.36. The second kappa shape index (κ2) is 5.49. The van der Waals surface area contributed by atoms with Crippen molar-refractivity contribution < 1.29 is 13.2 Å². The Hall–Kier alpha value is -1.09. The maximum absolute atomic E-state index is 12.1. The lowest BCUT2D eigenvalue weighted by atomic mass is 10.6. The summed E-state index contributed by atoms with van der Waals surface area (Å²) in [4.78, 5) is 7.68. The third kappa shape index (κ3) is 2.92. The monoisotopic (exact) mass is 339 g/mol. The fourth-order valence-corrected chi connectivity index (χ4v) is 4.25. The van der Waals surface area contributed by atoms with E-state index in [0.717, 1.165) is 11.3 Å². The fourth-order valence-electron chi connectivity index (χ4n) is 1.21. The first-order chi connectivity index (χ1) is 8.95. The van der Waals surface area contributed by atoms with Crippen LogP contribution in [0.2, 0.25) is 10.0 Å². The van der Waals surface area contributed by atoms with E-state index in [0.29, 0.717) is 0 Å². The van der Waals surface area contributed by atoms with Crippen LogP contribution in [-0.2, 0) is 10.0 Å². The molecule has 10 heteroatoms. The predicted molar refractivity (Wildman–Crippen MR) is 73.7 cm³/mol. The highest BCUT2D eigenvalue weighted by molar-refractivity contribution is 7.94. The maximum atomic E-state index is 12.1. The zero-order chi connectivity index (χ0) is 14.0. The molecule has 0 unspecified atom stereocenters. The van der Waals surface area contributed by atoms with Crippen LogP contribution < -0.4 is 9.46 Å². The van der Waals surface area contributed by atoms with Crippen molar-refractivity contribution in [1.29, 1.82) is 0 Å². The number of halogens is 2. The molecule has 102 valence electrons. The highest BCUT2D eigenvalue weighted by atomic mass is 35.5. The molecule has 1 N–H and O–H groups in total. The van der Waals surface area contributed by atoms with Gasteiger partial charge in [-0.1, -0.05) is 23.2 Å². The number of nitrogens with one attached hydrogen (secondary N) is 1. The van der Waals surface area contributed by atoms with Crippen molar-refractivity contribution in [3.05, 3.63) is 27.8 Å². The zero-order valence-electron chi connectivity index (χ0n) is 9.42. The van der Waals surface area contributed by atoms with Gasteiger partial charge in [0.2, 0.25) is 5.82 Å². The lowest BCUT2D eigenvalue weighted by Gasteiger charge is -2.08. The Kier molecular flexibility index (Phi) is 4.14. The fraction of sp³-hybridized carbons (Fsp3) is 0.111. The average Bonchev–Trinajstić information content (AvgIpc) is 2.71. The van der Waals surface area contributed by atoms with Crippen LogP contribution in [0.4, 0.5) is 5.82 Å². The summed E-state index contributed by atoms with van der Waals surface area (Å²) in [6, 6.07) is 0. The van der Waals surface area contributed by atoms with Crippen LogP contribution in [0.3, 0.4) is 0 Å². The van der Waals surface area contributed by atoms with E-state index in [2.05, 4.69) is 14.7 Å². The summed E-state index contributed by atoms with van der Waals surface area (Å²) in [6.07, 6.45) is 2.72. The summed E-state index contributed by atoms with van der Waals surface area (Å²) in [6.45, 7) is 0. The van der Waals surface area contributed by atoms with Crippen LogP contribution in [0, 0.1) is 0 Å². The maximum Gasteiger partial charge on any atom is 0.274 e. The molecule has 6 nitrogen and oxygen atoms in total. The van der Waals surface area contributed by atoms with E-state index in [1.807, 2.05) is 0 Å². The molecule has 0 saturated carbocycles. The Balaban J connectivity index is 2.39. The minimum atomic E-state index is -3.89. The van der Waals surface area contributed by atoms with Crippen molar-refractivity contribution in [3.63, 3.8) is 0 Å². The van der Waals surface area contributed by atoms with E-state index in [1.54, 1.807) is 0 Å². The number of nitrogens with zero attached hydrogens (tertiary/aromatic N) is 2. The molecule has 2 heterocycles. The molecule has 0 saturated heterocycles. The van der Waals surface area contributed by atoms with Crippen molar-refractivity contribution in [2.75, 3.05) is 11.8 Å². The van der Waals surface area contributed by atoms with Gasteiger partial charge in [-0.2, -0.15) is 0 Å². The Morgan fingerprint density at radius 2 is 2.00 bits per heavy atom. The Morgan fingerprint density at radius 3 is 2.58 bits per heavy atom. The number of thiophene rings is 1. The third-order valence-electron chi connectivity index (χ3n) is 1.99. The van der Waals surface area contributed by atoms with Gasteiger partial charge in [0.25, 0.3) is 15.9 Å². The SMILES string of the molecule is COc1nccnc1NS(=O)(=O)c1scc(Cl)c1Cl. The van der Waals surface area contributed by atoms with Crippen LogP contribution in [0.25, 0.3) is 0 Å². The number of ether oxygens (including phenoxy) is 1. The van der Waals surface area contributed by atoms with Gasteiger partial charge in [-0.15, -0.1) is 11.3 Å². The standard InChI is InChI=1S/C9H7Cl2N3O3S2/c1-17-8-7(12-2-3-13-8)14-19(15,16)9-6(11)5(10)4-18-9/h2-4H,1H3,(H,12,14). The minimum absolute atomic E-state index is 0.0226. The van der Waals surface area contributed by atoms with Crippen molar-refractivity contribution in [2.45, 2.75) is 4.21 Å². The largest absolute Gasteiger partial charge is 0.478 e. The lowest BCUT2D eigenvalue weighted by molar-refractivity contribution is 0.398. The van der Waals surface area contributed by atoms with Crippen LogP contribution in [0.5, 0.6) is 5.88 Å². The van der Waals surface area contributed by atoms with Gasteiger partial charge in [0.05, 0.1) is 17.2 Å². The van der Waals surface area contributed by atoms with Crippen molar-refractivity contribution >= 4 is 50.4 Å². The molecule has 2 aromatic heterocycles. The van der Waals surface area contributed by atoms with E-state index in [-0.39, 0.29) is 26.0 Å². The quantitative estimate of drug-likeness (QED) is 0.925. The predicted octanol–water partition coefficient (Wildman–Crippen LogP) is 2.65. The minimum Gasteiger partial charge on any atom is -0.478 e. The molecule has 2 rings (SSSR count). The molecule has 0 aliphatic rings. The first-order valence-corrected chi connectivity index (χ1v) is 7.88. The second-order valence-electron chi connectivity index (χ2n) is 3.20. The molecular weight excluding hydrogens is 333 g/mol. The van der Waals surface area contributed by atoms with Gasteiger partial charge in [-0.05, 0) is 0 Å². The number of methoxy groups -OCH3 is 1. The summed E-state index contributed by atoms with van der Waals surface area (Å²) >= 11 is 12.5. The molecule has 0 spiro atoms. The van der Waals surface area contributed by atoms with E-state index >= 15 is 0 Å². The Labute approximate surface area is 123 Å². The number of sulfonamides is 1. The van der Waals surface area contributed by atoms with Crippen molar-refractivity contribution in [3.8, 4) is 5.88 Å². The summed E-state index contributed by atoms with van der Waals surface area (Å²) < 4.78 is 31.3. The van der Waals surface area contributed by atoms with Crippen LogP contribution in [-0.4, -0.2) is 25.5 Å². The average molecular weight is 340 g/mol. The van der Waals surface area contributed by atoms with E-state index < -0.39 is 10.0 Å². The van der Waals surface area contributed by atoms with E-state index in [1.165, 1.54) is 24.9 Å². The van der Waals surface area contributed by atoms with Gasteiger partial charge in [-0.25, -0.2) is 18.4 Å². The van der Waals surface area contributed by atoms with Gasteiger partial charge in [0.15, 0.2) is 4.21 Å². The molecular formula is C9H7Cl2N3O3S2. The number of hydrogen-bond acceptors (Lipinski definition) is 6. The number of aromatic nitrogens is 2. The smallest absolute Gasteiger partial charge is 0.274 e. The molecule has 0 amide bonds. The molecule has 0 atom stereocenters. The van der Waals surface area contributed by atoms with Crippen molar-refractivity contribution in [1.82, 2.24) is 9.97 Å². The van der Waals surface area contributed by atoms with Gasteiger partial charge >= 0.3 is 0 Å². The first kappa shape index (κ1) is 14.3. The van der Waals surface area contributed by atoms with E-state index in [9.17, 15) is 8.42 Å². The number of hydrogen-bond donors (Lipinski definition) is 1. The zero-order valence-corrected chi connectivity index (χ0v) is 12.6. The second-order valence-corrected chi connectivity index (χ2v) is 6.75. The van der Waals surface area contributed by atoms with Crippen LogP contribution in [0.15, 0.2) is 22.0 Å². The van der Waals surface area contributed by atoms with Crippen molar-refractivity contribution in [2.24, 2.45) is 0 Å². The lowest BCUT2D eigenvalue weighted by Crippen LogP contribution is -2.14. The van der Waals surface area contributed by atoms with Gasteiger partial charge in [0.1, 0.15) is 0 Å². The number of rotatable bonds is 4.